The van der Waals surface area contributed by atoms with Crippen LogP contribution < -0.4 is 0 Å². The van der Waals surface area contributed by atoms with Crippen LogP contribution >= 0.6 is 0 Å². The van der Waals surface area contributed by atoms with Crippen LogP contribution in [0.25, 0.3) is 0 Å². The molecule has 1 aliphatic carbocycles. The van der Waals surface area contributed by atoms with Gasteiger partial charge in [0.25, 0.3) is 0 Å². The van der Waals surface area contributed by atoms with E-state index in [9.17, 15) is 0 Å². The summed E-state index contributed by atoms with van der Waals surface area (Å²) in [5, 5.41) is 0. The molecule has 0 saturated heterocycles. The summed E-state index contributed by atoms with van der Waals surface area (Å²) in [6.45, 7) is 6.11. The monoisotopic (exact) mass is 166 g/mol. The molecule has 1 saturated carbocycles. The molecule has 1 rings (SSSR count). The standard InChI is InChI=1S/C12H22/c1-3-5-11-7-9-12(6-4-2)10-8-11/h3,11-12H,1,4-10H2,2H3. The lowest BCUT2D eigenvalue weighted by molar-refractivity contribution is 0.263. The van der Waals surface area contributed by atoms with Crippen LogP contribution in [0.1, 0.15) is 51.9 Å². The molecule has 0 aromatic heterocycles. The van der Waals surface area contributed by atoms with E-state index >= 15 is 0 Å². The predicted octanol–water partition coefficient (Wildman–Crippen LogP) is 4.17. The fraction of sp³-hybridized carbons (Fsp3) is 0.833. The van der Waals surface area contributed by atoms with Crippen molar-refractivity contribution >= 4 is 0 Å². The summed E-state index contributed by atoms with van der Waals surface area (Å²) in [5.74, 6) is 2.02. The lowest BCUT2D eigenvalue weighted by Gasteiger charge is -2.27. The molecule has 1 aliphatic rings. The molecule has 0 aromatic rings. The van der Waals surface area contributed by atoms with Gasteiger partial charge in [-0.05, 0) is 31.1 Å². The quantitative estimate of drug-likeness (QED) is 0.550. The van der Waals surface area contributed by atoms with E-state index in [-0.39, 0.29) is 0 Å². The van der Waals surface area contributed by atoms with Crippen LogP contribution in [0, 0.1) is 11.8 Å². The second kappa shape index (κ2) is 5.40. The van der Waals surface area contributed by atoms with Crippen molar-refractivity contribution in [3.63, 3.8) is 0 Å². The van der Waals surface area contributed by atoms with Crippen LogP contribution in [0.4, 0.5) is 0 Å². The highest BCUT2D eigenvalue weighted by molar-refractivity contribution is 4.78. The summed E-state index contributed by atoms with van der Waals surface area (Å²) in [6, 6.07) is 0. The fourth-order valence-electron chi connectivity index (χ4n) is 2.40. The Hall–Kier alpha value is -0.260. The topological polar surface area (TPSA) is 0 Å². The average molecular weight is 166 g/mol. The molecule has 0 N–H and O–H groups in total. The first kappa shape index (κ1) is 9.83. The van der Waals surface area contributed by atoms with E-state index in [0.29, 0.717) is 0 Å². The third kappa shape index (κ3) is 3.00. The van der Waals surface area contributed by atoms with Crippen LogP contribution in [0.3, 0.4) is 0 Å². The van der Waals surface area contributed by atoms with E-state index in [0.717, 1.165) is 11.8 Å². The first-order valence-corrected chi connectivity index (χ1v) is 5.47. The molecule has 0 bridgehead atoms. The van der Waals surface area contributed by atoms with Crippen molar-refractivity contribution in [1.82, 2.24) is 0 Å². The minimum Gasteiger partial charge on any atom is -0.103 e. The van der Waals surface area contributed by atoms with Gasteiger partial charge in [-0.2, -0.15) is 0 Å². The first-order chi connectivity index (χ1) is 5.86. The molecule has 0 heterocycles. The Balaban J connectivity index is 2.15. The third-order valence-electron chi connectivity index (χ3n) is 3.16. The summed E-state index contributed by atoms with van der Waals surface area (Å²) in [5.41, 5.74) is 0. The molecule has 12 heavy (non-hydrogen) atoms. The van der Waals surface area contributed by atoms with Gasteiger partial charge in [0.2, 0.25) is 0 Å². The van der Waals surface area contributed by atoms with Crippen molar-refractivity contribution in [3.8, 4) is 0 Å². The van der Waals surface area contributed by atoms with Gasteiger partial charge < -0.3 is 0 Å². The minimum absolute atomic E-state index is 0.968. The Kier molecular flexibility index (Phi) is 4.42. The first-order valence-electron chi connectivity index (χ1n) is 5.47. The highest BCUT2D eigenvalue weighted by Gasteiger charge is 2.18. The highest BCUT2D eigenvalue weighted by Crippen LogP contribution is 2.33. The number of hydrogen-bond donors (Lipinski definition) is 0. The lowest BCUT2D eigenvalue weighted by Crippen LogP contribution is -2.13. The van der Waals surface area contributed by atoms with Gasteiger partial charge in [0, 0.05) is 0 Å². The van der Waals surface area contributed by atoms with Crippen LogP contribution in [0.5, 0.6) is 0 Å². The highest BCUT2D eigenvalue weighted by atomic mass is 14.2. The van der Waals surface area contributed by atoms with E-state index < -0.39 is 0 Å². The van der Waals surface area contributed by atoms with Crippen molar-refractivity contribution in [3.05, 3.63) is 12.7 Å². The molecule has 0 spiro atoms. The van der Waals surface area contributed by atoms with E-state index in [4.69, 9.17) is 0 Å². The second-order valence-corrected chi connectivity index (χ2v) is 4.20. The number of rotatable bonds is 4. The molecule has 0 aliphatic heterocycles. The Morgan fingerprint density at radius 3 is 2.25 bits per heavy atom. The molecule has 0 nitrogen and oxygen atoms in total. The predicted molar refractivity (Wildman–Crippen MR) is 55.2 cm³/mol. The largest absolute Gasteiger partial charge is 0.103 e. The summed E-state index contributed by atoms with van der Waals surface area (Å²) < 4.78 is 0. The molecule has 0 unspecified atom stereocenters. The van der Waals surface area contributed by atoms with E-state index in [2.05, 4.69) is 19.6 Å². The fourth-order valence-corrected chi connectivity index (χ4v) is 2.40. The van der Waals surface area contributed by atoms with Crippen molar-refractivity contribution in [1.29, 1.82) is 0 Å². The second-order valence-electron chi connectivity index (χ2n) is 4.20. The van der Waals surface area contributed by atoms with Gasteiger partial charge in [-0.25, -0.2) is 0 Å². The van der Waals surface area contributed by atoms with E-state index in [1.807, 2.05) is 0 Å². The van der Waals surface area contributed by atoms with Crippen molar-refractivity contribution < 1.29 is 0 Å². The van der Waals surface area contributed by atoms with Gasteiger partial charge in [-0.15, -0.1) is 6.58 Å². The van der Waals surface area contributed by atoms with Crippen LogP contribution in [-0.4, -0.2) is 0 Å². The van der Waals surface area contributed by atoms with Crippen molar-refractivity contribution in [2.75, 3.05) is 0 Å². The minimum atomic E-state index is 0.968. The van der Waals surface area contributed by atoms with Gasteiger partial charge >= 0.3 is 0 Å². The molecule has 0 heteroatoms. The maximum absolute atomic E-state index is 3.81. The third-order valence-corrected chi connectivity index (χ3v) is 3.16. The molecular formula is C12H22. The van der Waals surface area contributed by atoms with E-state index in [1.54, 1.807) is 0 Å². The average Bonchev–Trinajstić information content (AvgIpc) is 2.09. The summed E-state index contributed by atoms with van der Waals surface area (Å²) in [4.78, 5) is 0. The zero-order valence-electron chi connectivity index (χ0n) is 8.39. The smallest absolute Gasteiger partial charge is 0.0325 e. The van der Waals surface area contributed by atoms with Crippen LogP contribution in [0.15, 0.2) is 12.7 Å². The normalized spacial score (nSPS) is 30.1. The maximum Gasteiger partial charge on any atom is -0.0325 e. The summed E-state index contributed by atoms with van der Waals surface area (Å²) >= 11 is 0. The zero-order chi connectivity index (χ0) is 8.81. The van der Waals surface area contributed by atoms with Crippen molar-refractivity contribution in [2.24, 2.45) is 11.8 Å². The maximum atomic E-state index is 3.81. The van der Waals surface area contributed by atoms with Gasteiger partial charge in [0.15, 0.2) is 0 Å². The Bertz CT molecular complexity index is 118. The van der Waals surface area contributed by atoms with Gasteiger partial charge in [-0.1, -0.05) is 38.7 Å². The molecule has 70 valence electrons. The molecule has 1 fully saturated rings. The van der Waals surface area contributed by atoms with Crippen LogP contribution in [0.2, 0.25) is 0 Å². The summed E-state index contributed by atoms with van der Waals surface area (Å²) in [7, 11) is 0. The lowest BCUT2D eigenvalue weighted by atomic mass is 9.79. The Morgan fingerprint density at radius 1 is 1.17 bits per heavy atom. The SMILES string of the molecule is C=CCC1CCC(CCC)CC1. The molecule has 0 aromatic carbocycles. The van der Waals surface area contributed by atoms with Gasteiger partial charge in [0.1, 0.15) is 0 Å². The van der Waals surface area contributed by atoms with Crippen LogP contribution in [-0.2, 0) is 0 Å². The molecule has 0 atom stereocenters. The van der Waals surface area contributed by atoms with Crippen molar-refractivity contribution in [2.45, 2.75) is 51.9 Å². The Morgan fingerprint density at radius 2 is 1.75 bits per heavy atom. The zero-order valence-corrected chi connectivity index (χ0v) is 8.39. The molecule has 0 amide bonds. The van der Waals surface area contributed by atoms with Gasteiger partial charge in [-0.3, -0.25) is 0 Å². The summed E-state index contributed by atoms with van der Waals surface area (Å²) in [6.07, 6.45) is 12.0. The number of allylic oxidation sites excluding steroid dienone is 1. The van der Waals surface area contributed by atoms with Gasteiger partial charge in [0.05, 0.1) is 0 Å². The van der Waals surface area contributed by atoms with E-state index in [1.165, 1.54) is 44.9 Å². The number of hydrogen-bond acceptors (Lipinski definition) is 0. The Labute approximate surface area is 77.1 Å². The molecular weight excluding hydrogens is 144 g/mol. The molecule has 0 radical (unpaired) electrons.